The Bertz CT molecular complexity index is 1220. The maximum Gasteiger partial charge on any atom is 0.338 e. The molecule has 0 saturated carbocycles. The molecule has 6 nitrogen and oxygen atoms in total. The molecule has 0 aliphatic carbocycles. The molecule has 0 bridgehead atoms. The van der Waals surface area contributed by atoms with E-state index in [1.807, 2.05) is 78.2 Å². The Morgan fingerprint density at radius 3 is 2.39 bits per heavy atom. The molecule has 0 fully saturated rings. The summed E-state index contributed by atoms with van der Waals surface area (Å²) in [6.07, 6.45) is -0.907. The molecule has 0 aliphatic heterocycles. The van der Waals surface area contributed by atoms with Gasteiger partial charge < -0.3 is 10.1 Å². The molecular formula is C25H23N3O3. The molecule has 1 atom stereocenters. The van der Waals surface area contributed by atoms with Crippen LogP contribution in [0.3, 0.4) is 0 Å². The van der Waals surface area contributed by atoms with Crippen LogP contribution in [0.2, 0.25) is 0 Å². The number of carbonyl (C=O) groups is 2. The van der Waals surface area contributed by atoms with E-state index in [9.17, 15) is 9.59 Å². The number of ether oxygens (including phenoxy) is 1. The van der Waals surface area contributed by atoms with Crippen molar-refractivity contribution in [3.05, 3.63) is 95.8 Å². The Balaban J connectivity index is 1.46. The number of hydrogen-bond donors (Lipinski definition) is 1. The Labute approximate surface area is 180 Å². The predicted octanol–water partition coefficient (Wildman–Crippen LogP) is 4.20. The van der Waals surface area contributed by atoms with Crippen LogP contribution < -0.4 is 5.32 Å². The van der Waals surface area contributed by atoms with E-state index in [-0.39, 0.29) is 5.91 Å². The van der Waals surface area contributed by atoms with Crippen LogP contribution in [0, 0.1) is 6.92 Å². The van der Waals surface area contributed by atoms with E-state index in [1.165, 1.54) is 0 Å². The van der Waals surface area contributed by atoms with Crippen molar-refractivity contribution < 1.29 is 14.3 Å². The minimum absolute atomic E-state index is 0.345. The molecule has 1 heterocycles. The molecule has 4 rings (SSSR count). The summed E-state index contributed by atoms with van der Waals surface area (Å²) in [4.78, 5) is 29.5. The second-order valence-corrected chi connectivity index (χ2v) is 7.28. The number of nitrogens with zero attached hydrogens (tertiary/aromatic N) is 2. The molecule has 1 N–H and O–H groups in total. The van der Waals surface area contributed by atoms with Crippen LogP contribution in [0.25, 0.3) is 16.7 Å². The molecule has 0 unspecified atom stereocenters. The van der Waals surface area contributed by atoms with Gasteiger partial charge in [0.15, 0.2) is 6.10 Å². The summed E-state index contributed by atoms with van der Waals surface area (Å²) in [5.74, 6) is -0.0842. The van der Waals surface area contributed by atoms with Crippen molar-refractivity contribution in [2.24, 2.45) is 0 Å². The van der Waals surface area contributed by atoms with Gasteiger partial charge in [0.05, 0.1) is 16.6 Å². The van der Waals surface area contributed by atoms with Crippen molar-refractivity contribution in [3.8, 4) is 5.69 Å². The highest BCUT2D eigenvalue weighted by molar-refractivity contribution is 5.95. The number of nitrogens with one attached hydrogen (secondary N) is 1. The summed E-state index contributed by atoms with van der Waals surface area (Å²) >= 11 is 0. The van der Waals surface area contributed by atoms with Crippen LogP contribution in [-0.2, 0) is 16.1 Å². The number of benzene rings is 3. The first-order chi connectivity index (χ1) is 15.0. The number of esters is 1. The van der Waals surface area contributed by atoms with Crippen LogP contribution in [0.15, 0.2) is 78.9 Å². The van der Waals surface area contributed by atoms with E-state index in [2.05, 4.69) is 10.3 Å². The normalized spacial score (nSPS) is 11.8. The zero-order valence-corrected chi connectivity index (χ0v) is 17.4. The lowest BCUT2D eigenvalue weighted by molar-refractivity contribution is -0.129. The van der Waals surface area contributed by atoms with Gasteiger partial charge in [0, 0.05) is 12.2 Å². The molecule has 31 heavy (non-hydrogen) atoms. The van der Waals surface area contributed by atoms with Gasteiger partial charge in [-0.2, -0.15) is 0 Å². The molecule has 4 aromatic rings. The van der Waals surface area contributed by atoms with E-state index >= 15 is 0 Å². The topological polar surface area (TPSA) is 73.2 Å². The smallest absolute Gasteiger partial charge is 0.338 e. The lowest BCUT2D eigenvalue weighted by Crippen LogP contribution is -2.35. The second-order valence-electron chi connectivity index (χ2n) is 7.28. The van der Waals surface area contributed by atoms with Gasteiger partial charge in [0.25, 0.3) is 5.91 Å². The third kappa shape index (κ3) is 4.48. The average molecular weight is 413 g/mol. The fourth-order valence-corrected chi connectivity index (χ4v) is 3.44. The first-order valence-electron chi connectivity index (χ1n) is 10.1. The van der Waals surface area contributed by atoms with Crippen LogP contribution in [-0.4, -0.2) is 27.5 Å². The number of rotatable bonds is 6. The van der Waals surface area contributed by atoms with Crippen LogP contribution in [0.1, 0.15) is 28.7 Å². The van der Waals surface area contributed by atoms with E-state index < -0.39 is 12.1 Å². The number of hydrogen-bond acceptors (Lipinski definition) is 4. The summed E-state index contributed by atoms with van der Waals surface area (Å²) in [6, 6.07) is 24.7. The Kier molecular flexibility index (Phi) is 5.80. The number of fused-ring (bicyclic) bond motifs is 1. The highest BCUT2D eigenvalue weighted by atomic mass is 16.5. The lowest BCUT2D eigenvalue weighted by atomic mass is 10.2. The monoisotopic (exact) mass is 413 g/mol. The number of aromatic nitrogens is 2. The highest BCUT2D eigenvalue weighted by Crippen LogP contribution is 2.22. The molecule has 0 spiro atoms. The largest absolute Gasteiger partial charge is 0.449 e. The number of amides is 1. The van der Waals surface area contributed by atoms with Gasteiger partial charge in [-0.3, -0.25) is 9.36 Å². The van der Waals surface area contributed by atoms with Gasteiger partial charge in [-0.15, -0.1) is 0 Å². The molecule has 6 heteroatoms. The first kappa shape index (κ1) is 20.3. The van der Waals surface area contributed by atoms with Gasteiger partial charge in [-0.05, 0) is 49.7 Å². The zero-order chi connectivity index (χ0) is 21.8. The van der Waals surface area contributed by atoms with Crippen molar-refractivity contribution in [1.29, 1.82) is 0 Å². The first-order valence-corrected chi connectivity index (χ1v) is 10.1. The number of imidazole rings is 1. The fraction of sp³-hybridized carbons (Fsp3) is 0.160. The van der Waals surface area contributed by atoms with Gasteiger partial charge in [0.2, 0.25) is 0 Å². The van der Waals surface area contributed by atoms with E-state index in [4.69, 9.17) is 4.74 Å². The quantitative estimate of drug-likeness (QED) is 0.481. The molecule has 3 aromatic carbocycles. The number of carbonyl (C=O) groups excluding carboxylic acids is 2. The van der Waals surface area contributed by atoms with Crippen molar-refractivity contribution in [2.45, 2.75) is 26.5 Å². The molecule has 1 amide bonds. The molecule has 0 saturated heterocycles. The van der Waals surface area contributed by atoms with E-state index in [0.29, 0.717) is 17.6 Å². The molecule has 1 aromatic heterocycles. The minimum Gasteiger partial charge on any atom is -0.449 e. The molecule has 156 valence electrons. The summed E-state index contributed by atoms with van der Waals surface area (Å²) in [5, 5.41) is 2.78. The SMILES string of the molecule is Cc1nc2cc(C(=O)O[C@@H](C)C(=O)NCc3ccccc3)ccc2n1-c1ccccc1. The minimum atomic E-state index is -0.907. The van der Waals surface area contributed by atoms with Gasteiger partial charge in [-0.25, -0.2) is 9.78 Å². The van der Waals surface area contributed by atoms with Crippen molar-refractivity contribution in [2.75, 3.05) is 0 Å². The van der Waals surface area contributed by atoms with Crippen LogP contribution in [0.5, 0.6) is 0 Å². The third-order valence-electron chi connectivity index (χ3n) is 5.03. The third-order valence-corrected chi connectivity index (χ3v) is 5.03. The standard InChI is InChI=1S/C25H23N3O3/c1-17(24(29)26-16-19-9-5-3-6-10-19)31-25(30)20-13-14-23-22(15-20)27-18(2)28(23)21-11-7-4-8-12-21/h3-15,17H,16H2,1-2H3,(H,26,29)/t17-/m0/s1. The number of aryl methyl sites for hydroxylation is 1. The Morgan fingerprint density at radius 2 is 1.68 bits per heavy atom. The Hall–Kier alpha value is -3.93. The average Bonchev–Trinajstić information content (AvgIpc) is 3.13. The van der Waals surface area contributed by atoms with E-state index in [1.54, 1.807) is 19.1 Å². The van der Waals surface area contributed by atoms with Gasteiger partial charge in [0.1, 0.15) is 5.82 Å². The second kappa shape index (κ2) is 8.83. The lowest BCUT2D eigenvalue weighted by Gasteiger charge is -2.13. The molecule has 0 radical (unpaired) electrons. The Morgan fingerprint density at radius 1 is 1.00 bits per heavy atom. The summed E-state index contributed by atoms with van der Waals surface area (Å²) < 4.78 is 7.40. The van der Waals surface area contributed by atoms with Crippen molar-refractivity contribution >= 4 is 22.9 Å². The molecular weight excluding hydrogens is 390 g/mol. The van der Waals surface area contributed by atoms with Crippen molar-refractivity contribution in [3.63, 3.8) is 0 Å². The predicted molar refractivity (Wildman–Crippen MR) is 119 cm³/mol. The maximum absolute atomic E-state index is 12.6. The van der Waals surface area contributed by atoms with Gasteiger partial charge in [-0.1, -0.05) is 48.5 Å². The maximum atomic E-state index is 12.6. The van der Waals surface area contributed by atoms with Crippen molar-refractivity contribution in [1.82, 2.24) is 14.9 Å². The van der Waals surface area contributed by atoms with E-state index in [0.717, 1.165) is 22.6 Å². The van der Waals surface area contributed by atoms with Crippen LogP contribution >= 0.6 is 0 Å². The summed E-state index contributed by atoms with van der Waals surface area (Å²) in [6.45, 7) is 3.86. The summed E-state index contributed by atoms with van der Waals surface area (Å²) in [7, 11) is 0. The number of para-hydroxylation sites is 1. The fourth-order valence-electron chi connectivity index (χ4n) is 3.44. The van der Waals surface area contributed by atoms with Crippen LogP contribution in [0.4, 0.5) is 0 Å². The zero-order valence-electron chi connectivity index (χ0n) is 17.4. The van der Waals surface area contributed by atoms with Gasteiger partial charge >= 0.3 is 5.97 Å². The summed E-state index contributed by atoms with van der Waals surface area (Å²) in [5.41, 5.74) is 3.92. The molecule has 0 aliphatic rings. The highest BCUT2D eigenvalue weighted by Gasteiger charge is 2.20.